The second-order valence-electron chi connectivity index (χ2n) is 12.4. The van der Waals surface area contributed by atoms with E-state index in [0.29, 0.717) is 31.2 Å². The maximum Gasteiger partial charge on any atom is 0.303 e. The van der Waals surface area contributed by atoms with Crippen LogP contribution in [0.2, 0.25) is 0 Å². The maximum atomic E-state index is 14.2. The lowest BCUT2D eigenvalue weighted by Crippen LogP contribution is -2.55. The van der Waals surface area contributed by atoms with Crippen molar-refractivity contribution in [3.63, 3.8) is 0 Å². The molecule has 0 aromatic heterocycles. The van der Waals surface area contributed by atoms with Gasteiger partial charge in [-0.2, -0.15) is 0 Å². The summed E-state index contributed by atoms with van der Waals surface area (Å²) < 4.78 is 34.2. The van der Waals surface area contributed by atoms with Crippen molar-refractivity contribution in [3.8, 4) is 0 Å². The van der Waals surface area contributed by atoms with Crippen molar-refractivity contribution < 1.29 is 33.0 Å². The van der Waals surface area contributed by atoms with Crippen molar-refractivity contribution in [3.05, 3.63) is 70.8 Å². The summed E-state index contributed by atoms with van der Waals surface area (Å²) in [6, 6.07) is 11.0. The van der Waals surface area contributed by atoms with Crippen molar-refractivity contribution >= 4 is 17.7 Å². The van der Waals surface area contributed by atoms with Gasteiger partial charge in [0, 0.05) is 56.9 Å². The number of Topliss-reactive ketones (excluding diaryl/α,β-unsaturated/α-hetero) is 1. The van der Waals surface area contributed by atoms with Crippen LogP contribution in [0, 0.1) is 11.6 Å². The molecule has 230 valence electrons. The number of ether oxygens (including phenoxy) is 1. The minimum absolute atomic E-state index is 0.0114. The molecule has 1 aliphatic carbocycles. The molecule has 3 N–H and O–H groups in total. The summed E-state index contributed by atoms with van der Waals surface area (Å²) in [6.45, 7) is 8.50. The number of carbonyl (C=O) groups is 3. The van der Waals surface area contributed by atoms with E-state index in [1.807, 2.05) is 6.07 Å². The summed E-state index contributed by atoms with van der Waals surface area (Å²) in [5.74, 6) is -3.13. The molecule has 42 heavy (non-hydrogen) atoms. The van der Waals surface area contributed by atoms with Crippen LogP contribution in [0.3, 0.4) is 0 Å². The average molecular weight is 587 g/mol. The molecule has 3 atom stereocenters. The third-order valence-corrected chi connectivity index (χ3v) is 8.36. The normalized spacial score (nSPS) is 17.4. The SMILES string of the molecule is CO[C@H](CNC1(c2cccc(C(C)(C)C)c2)CCC(=O)CC1)C(NC(=O)CCCC(=O)O)[C@H](C)c1cc(F)cc(F)c1. The predicted molar refractivity (Wildman–Crippen MR) is 157 cm³/mol. The predicted octanol–water partition coefficient (Wildman–Crippen LogP) is 5.75. The minimum Gasteiger partial charge on any atom is -0.481 e. The highest BCUT2D eigenvalue weighted by Gasteiger charge is 2.39. The van der Waals surface area contributed by atoms with E-state index in [9.17, 15) is 23.2 Å². The monoisotopic (exact) mass is 586 g/mol. The van der Waals surface area contributed by atoms with Crippen LogP contribution in [0.4, 0.5) is 8.78 Å². The number of carboxylic acids is 1. The van der Waals surface area contributed by atoms with Gasteiger partial charge in [-0.3, -0.25) is 14.4 Å². The third kappa shape index (κ3) is 8.91. The van der Waals surface area contributed by atoms with Crippen LogP contribution in [0.5, 0.6) is 0 Å². The van der Waals surface area contributed by atoms with Gasteiger partial charge in [-0.05, 0) is 53.5 Å². The molecule has 2 aromatic carbocycles. The Hall–Kier alpha value is -3.17. The van der Waals surface area contributed by atoms with Crippen molar-refractivity contribution in [2.75, 3.05) is 13.7 Å². The summed E-state index contributed by atoms with van der Waals surface area (Å²) >= 11 is 0. The second-order valence-corrected chi connectivity index (χ2v) is 12.4. The molecule has 1 amide bonds. The Labute approximate surface area is 247 Å². The number of nitrogens with one attached hydrogen (secondary N) is 2. The zero-order valence-electron chi connectivity index (χ0n) is 25.3. The molecule has 1 fully saturated rings. The fourth-order valence-corrected chi connectivity index (χ4v) is 5.70. The van der Waals surface area contributed by atoms with Gasteiger partial charge in [0.15, 0.2) is 0 Å². The molecule has 1 unspecified atom stereocenters. The van der Waals surface area contributed by atoms with E-state index < -0.39 is 41.2 Å². The Morgan fingerprint density at radius 3 is 2.26 bits per heavy atom. The fraction of sp³-hybridized carbons (Fsp3) is 0.545. The number of rotatable bonds is 13. The molecule has 0 aliphatic heterocycles. The summed E-state index contributed by atoms with van der Waals surface area (Å²) in [5, 5.41) is 15.6. The first kappa shape index (κ1) is 33.3. The van der Waals surface area contributed by atoms with Crippen LogP contribution in [-0.2, 0) is 30.1 Å². The van der Waals surface area contributed by atoms with E-state index in [-0.39, 0.29) is 42.9 Å². The zero-order valence-corrected chi connectivity index (χ0v) is 25.3. The van der Waals surface area contributed by atoms with Gasteiger partial charge in [-0.1, -0.05) is 52.0 Å². The standard InChI is InChI=1S/C33H44F2N2O5/c1-21(22-16-25(34)19-26(35)17-22)31(37-29(39)10-7-11-30(40)41)28(42-5)20-36-33(14-12-27(38)13-15-33)24-9-6-8-23(18-24)32(2,3)4/h6,8-9,16-19,21,28,31,36H,7,10-15,20H2,1-5H3,(H,37,39)(H,40,41)/t21-,28-,31?/m1/s1. The summed E-state index contributed by atoms with van der Waals surface area (Å²) in [7, 11) is 1.52. The number of hydrogen-bond donors (Lipinski definition) is 3. The van der Waals surface area contributed by atoms with E-state index in [0.717, 1.165) is 11.6 Å². The molecule has 0 bridgehead atoms. The van der Waals surface area contributed by atoms with Gasteiger partial charge in [-0.25, -0.2) is 8.78 Å². The molecular weight excluding hydrogens is 542 g/mol. The van der Waals surface area contributed by atoms with Crippen LogP contribution in [0.15, 0.2) is 42.5 Å². The van der Waals surface area contributed by atoms with Crippen molar-refractivity contribution in [2.45, 2.75) is 102 Å². The van der Waals surface area contributed by atoms with Crippen LogP contribution in [0.1, 0.15) is 95.2 Å². The van der Waals surface area contributed by atoms with E-state index >= 15 is 0 Å². The van der Waals surface area contributed by atoms with Gasteiger partial charge in [0.05, 0.1) is 12.1 Å². The van der Waals surface area contributed by atoms with E-state index in [4.69, 9.17) is 9.84 Å². The number of amides is 1. The van der Waals surface area contributed by atoms with Crippen LogP contribution < -0.4 is 10.6 Å². The number of benzene rings is 2. The van der Waals surface area contributed by atoms with Crippen LogP contribution >= 0.6 is 0 Å². The van der Waals surface area contributed by atoms with Crippen LogP contribution in [0.25, 0.3) is 0 Å². The Kier molecular flexibility index (Phi) is 11.4. The highest BCUT2D eigenvalue weighted by molar-refractivity contribution is 5.79. The van der Waals surface area contributed by atoms with Gasteiger partial charge in [0.25, 0.3) is 0 Å². The summed E-state index contributed by atoms with van der Waals surface area (Å²) in [4.78, 5) is 36.1. The largest absolute Gasteiger partial charge is 0.481 e. The Balaban J connectivity index is 1.92. The number of carboxylic acid groups (broad SMARTS) is 1. The third-order valence-electron chi connectivity index (χ3n) is 8.36. The van der Waals surface area contributed by atoms with E-state index in [2.05, 4.69) is 49.6 Å². The molecular formula is C33H44F2N2O5. The van der Waals surface area contributed by atoms with E-state index in [1.165, 1.54) is 24.8 Å². The lowest BCUT2D eigenvalue weighted by molar-refractivity contribution is -0.137. The molecule has 7 nitrogen and oxygen atoms in total. The first-order valence-electron chi connectivity index (χ1n) is 14.6. The number of hydrogen-bond acceptors (Lipinski definition) is 5. The molecule has 1 saturated carbocycles. The van der Waals surface area contributed by atoms with Gasteiger partial charge < -0.3 is 20.5 Å². The highest BCUT2D eigenvalue weighted by atomic mass is 19.1. The lowest BCUT2D eigenvalue weighted by atomic mass is 9.74. The zero-order chi connectivity index (χ0) is 31.1. The Morgan fingerprint density at radius 1 is 1.05 bits per heavy atom. The molecule has 1 aliphatic rings. The van der Waals surface area contributed by atoms with Gasteiger partial charge in [0.1, 0.15) is 17.4 Å². The molecule has 0 heterocycles. The van der Waals surface area contributed by atoms with Crippen molar-refractivity contribution in [2.24, 2.45) is 0 Å². The highest BCUT2D eigenvalue weighted by Crippen LogP contribution is 2.38. The van der Waals surface area contributed by atoms with Gasteiger partial charge >= 0.3 is 5.97 Å². The average Bonchev–Trinajstić information content (AvgIpc) is 2.92. The summed E-state index contributed by atoms with van der Waals surface area (Å²) in [5.41, 5.74) is 2.04. The molecule has 0 radical (unpaired) electrons. The quantitative estimate of drug-likeness (QED) is 0.276. The molecule has 2 aromatic rings. The first-order chi connectivity index (χ1) is 19.7. The maximum absolute atomic E-state index is 14.2. The fourth-order valence-electron chi connectivity index (χ4n) is 5.70. The second kappa shape index (κ2) is 14.3. The topological polar surface area (TPSA) is 105 Å². The number of aliphatic carboxylic acids is 1. The van der Waals surface area contributed by atoms with Crippen molar-refractivity contribution in [1.82, 2.24) is 10.6 Å². The Bertz CT molecular complexity index is 1230. The number of halogens is 2. The molecule has 9 heteroatoms. The lowest BCUT2D eigenvalue weighted by Gasteiger charge is -2.41. The van der Waals surface area contributed by atoms with E-state index in [1.54, 1.807) is 6.92 Å². The number of ketones is 1. The minimum atomic E-state index is -0.992. The van der Waals surface area contributed by atoms with Gasteiger partial charge in [-0.15, -0.1) is 0 Å². The molecule has 0 spiro atoms. The van der Waals surface area contributed by atoms with Crippen molar-refractivity contribution in [1.29, 1.82) is 0 Å². The summed E-state index contributed by atoms with van der Waals surface area (Å²) in [6.07, 6.45) is 1.47. The Morgan fingerprint density at radius 2 is 1.69 bits per heavy atom. The van der Waals surface area contributed by atoms with Gasteiger partial charge in [0.2, 0.25) is 5.91 Å². The molecule has 3 rings (SSSR count). The first-order valence-corrected chi connectivity index (χ1v) is 14.6. The number of methoxy groups -OCH3 is 1. The van der Waals surface area contributed by atoms with Crippen LogP contribution in [-0.4, -0.2) is 48.6 Å². The number of carbonyl (C=O) groups excluding carboxylic acids is 2. The molecule has 0 saturated heterocycles. The smallest absolute Gasteiger partial charge is 0.303 e.